The minimum Gasteiger partial charge on any atom is -0.308 e. The molecule has 0 saturated heterocycles. The van der Waals surface area contributed by atoms with E-state index in [1.165, 1.54) is 0 Å². The first-order chi connectivity index (χ1) is 25.2. The number of hydrogen-bond acceptors (Lipinski definition) is 2. The molecule has 0 aliphatic heterocycles. The van der Waals surface area contributed by atoms with Crippen LogP contribution in [0.5, 0.6) is 0 Å². The van der Waals surface area contributed by atoms with Crippen LogP contribution in [0.4, 0.5) is 5.69 Å². The molecule has 0 atom stereocenters. The van der Waals surface area contributed by atoms with E-state index in [-0.39, 0.29) is 0 Å². The highest BCUT2D eigenvalue weighted by atomic mass is 15.0. The van der Waals surface area contributed by atoms with Crippen molar-refractivity contribution in [2.45, 2.75) is 0 Å². The minimum absolute atomic E-state index is 0.398. The van der Waals surface area contributed by atoms with E-state index in [1.807, 2.05) is 66.7 Å². The van der Waals surface area contributed by atoms with Crippen LogP contribution in [0.15, 0.2) is 158 Å². The first kappa shape index (κ1) is 29.7. The van der Waals surface area contributed by atoms with Gasteiger partial charge in [-0.25, -0.2) is 4.85 Å². The maximum absolute atomic E-state index is 10.4. The summed E-state index contributed by atoms with van der Waals surface area (Å²) >= 11 is 0. The van der Waals surface area contributed by atoms with Crippen LogP contribution in [0.3, 0.4) is 0 Å². The van der Waals surface area contributed by atoms with Crippen molar-refractivity contribution in [1.29, 1.82) is 10.5 Å². The predicted octanol–water partition coefficient (Wildman–Crippen LogP) is 12.4. The Morgan fingerprint density at radius 3 is 1.55 bits per heavy atom. The summed E-state index contributed by atoms with van der Waals surface area (Å²) in [6.45, 7) is 8.43. The molecule has 0 amide bonds. The summed E-state index contributed by atoms with van der Waals surface area (Å²) in [6.07, 6.45) is 0. The molecule has 0 fully saturated rings. The molecule has 0 spiro atoms. The number of para-hydroxylation sites is 2. The third-order valence-electron chi connectivity index (χ3n) is 9.86. The number of rotatable bonds is 4. The Morgan fingerprint density at radius 2 is 1.00 bits per heavy atom. The van der Waals surface area contributed by atoms with Crippen LogP contribution in [0, 0.1) is 29.2 Å². The molecule has 0 radical (unpaired) electrons. The maximum atomic E-state index is 10.4. The topological polar surface area (TPSA) is 56.9 Å². The van der Waals surface area contributed by atoms with E-state index in [4.69, 9.17) is 6.57 Å². The van der Waals surface area contributed by atoms with Crippen molar-refractivity contribution in [2.75, 3.05) is 0 Å². The molecule has 234 valence electrons. The van der Waals surface area contributed by atoms with Gasteiger partial charge in [-0.15, -0.1) is 0 Å². The fraction of sp³-hybridized carbons (Fsp3) is 0. The molecule has 4 heteroatoms. The largest absolute Gasteiger partial charge is 0.308 e. The van der Waals surface area contributed by atoms with Crippen LogP contribution < -0.4 is 0 Å². The lowest BCUT2D eigenvalue weighted by molar-refractivity contribution is 1.17. The number of fused-ring (bicyclic) bond motifs is 5. The molecule has 0 aliphatic carbocycles. The molecule has 51 heavy (non-hydrogen) atoms. The van der Waals surface area contributed by atoms with Crippen LogP contribution in [-0.4, -0.2) is 4.57 Å². The summed E-state index contributed by atoms with van der Waals surface area (Å²) in [5.74, 6) is 0. The Balaban J connectivity index is 1.41. The van der Waals surface area contributed by atoms with Crippen molar-refractivity contribution < 1.29 is 0 Å². The highest BCUT2D eigenvalue weighted by molar-refractivity contribution is 6.23. The lowest BCUT2D eigenvalue weighted by Gasteiger charge is -2.21. The van der Waals surface area contributed by atoms with Gasteiger partial charge >= 0.3 is 0 Å². The minimum atomic E-state index is 0.398. The zero-order chi connectivity index (χ0) is 34.5. The summed E-state index contributed by atoms with van der Waals surface area (Å²) in [7, 11) is 0. The number of aromatic nitrogens is 1. The molecule has 9 aromatic rings. The number of nitrogens with zero attached hydrogens (tertiary/aromatic N) is 4. The van der Waals surface area contributed by atoms with E-state index >= 15 is 0 Å². The molecule has 1 heterocycles. The molecule has 1 aromatic heterocycles. The molecule has 0 N–H and O–H groups in total. The van der Waals surface area contributed by atoms with E-state index in [2.05, 4.69) is 106 Å². The maximum Gasteiger partial charge on any atom is 0.196 e. The van der Waals surface area contributed by atoms with E-state index in [0.29, 0.717) is 16.8 Å². The van der Waals surface area contributed by atoms with Gasteiger partial charge in [-0.05, 0) is 91.3 Å². The van der Waals surface area contributed by atoms with Gasteiger partial charge in [0.15, 0.2) is 5.69 Å². The molecule has 9 rings (SSSR count). The predicted molar refractivity (Wildman–Crippen MR) is 208 cm³/mol. The molecule has 8 aromatic carbocycles. The van der Waals surface area contributed by atoms with Crippen molar-refractivity contribution in [1.82, 2.24) is 4.57 Å². The van der Waals surface area contributed by atoms with Crippen molar-refractivity contribution >= 4 is 49.0 Å². The van der Waals surface area contributed by atoms with E-state index in [0.717, 1.165) is 82.4 Å². The molecule has 0 aliphatic rings. The normalized spacial score (nSPS) is 11.1. The average molecular weight is 647 g/mol. The molecule has 0 unspecified atom stereocenters. The zero-order valence-corrected chi connectivity index (χ0v) is 27.3. The molecule has 0 bridgehead atoms. The smallest absolute Gasteiger partial charge is 0.196 e. The monoisotopic (exact) mass is 646 g/mol. The van der Waals surface area contributed by atoms with Gasteiger partial charge in [0.05, 0.1) is 34.9 Å². The lowest BCUT2D eigenvalue weighted by atomic mass is 9.82. The number of hydrogen-bond donors (Lipinski definition) is 0. The van der Waals surface area contributed by atoms with Crippen LogP contribution in [0.1, 0.15) is 11.1 Å². The first-order valence-electron chi connectivity index (χ1n) is 16.7. The van der Waals surface area contributed by atoms with Gasteiger partial charge in [0, 0.05) is 16.3 Å². The second-order valence-corrected chi connectivity index (χ2v) is 12.6. The van der Waals surface area contributed by atoms with E-state index in [9.17, 15) is 10.5 Å². The van der Waals surface area contributed by atoms with Gasteiger partial charge in [0.1, 0.15) is 6.07 Å². The standard InChI is InChI=1S/C47H26N4/c1-50-41-26-30(28-48)25-40(32-23-24-33(29-49)44(27-32)51-42-21-11-9-15-34(42)35-16-10-12-22-43(35)51)47(41)46-38-19-7-5-17-36(38)45(31-13-3-2-4-14-31)37-18-6-8-20-39(37)46/h2-27H. The summed E-state index contributed by atoms with van der Waals surface area (Å²) < 4.78 is 2.15. The number of nitriles is 2. The van der Waals surface area contributed by atoms with Crippen LogP contribution in [0.2, 0.25) is 0 Å². The molecular weight excluding hydrogens is 621 g/mol. The fourth-order valence-electron chi connectivity index (χ4n) is 7.74. The SMILES string of the molecule is [C-]#[N+]c1cc(C#N)cc(-c2ccc(C#N)c(-n3c4ccccc4c4ccccc43)c2)c1-c1c2ccccc2c(-c2ccccc2)c2ccccc12. The van der Waals surface area contributed by atoms with Crippen LogP contribution >= 0.6 is 0 Å². The quantitative estimate of drug-likeness (QED) is 0.141. The first-order valence-corrected chi connectivity index (χ1v) is 16.7. The highest BCUT2D eigenvalue weighted by Gasteiger charge is 2.23. The lowest BCUT2D eigenvalue weighted by Crippen LogP contribution is -1.99. The zero-order valence-electron chi connectivity index (χ0n) is 27.3. The summed E-state index contributed by atoms with van der Waals surface area (Å²) in [5, 5.41) is 27.0. The third-order valence-corrected chi connectivity index (χ3v) is 9.86. The van der Waals surface area contributed by atoms with E-state index < -0.39 is 0 Å². The third kappa shape index (κ3) is 4.58. The highest BCUT2D eigenvalue weighted by Crippen LogP contribution is 2.50. The fourth-order valence-corrected chi connectivity index (χ4v) is 7.74. The van der Waals surface area contributed by atoms with Crippen LogP contribution in [0.25, 0.3) is 87.3 Å². The van der Waals surface area contributed by atoms with Gasteiger partial charge in [-0.3, -0.25) is 0 Å². The van der Waals surface area contributed by atoms with Gasteiger partial charge in [-0.2, -0.15) is 10.5 Å². The summed E-state index contributed by atoms with van der Waals surface area (Å²) in [5.41, 5.74) is 9.56. The Morgan fingerprint density at radius 1 is 0.471 bits per heavy atom. The van der Waals surface area contributed by atoms with Gasteiger partial charge in [-0.1, -0.05) is 121 Å². The average Bonchev–Trinajstić information content (AvgIpc) is 3.53. The summed E-state index contributed by atoms with van der Waals surface area (Å²) in [4.78, 5) is 4.07. The molecule has 4 nitrogen and oxygen atoms in total. The van der Waals surface area contributed by atoms with Crippen molar-refractivity contribution in [3.05, 3.63) is 180 Å². The Bertz CT molecular complexity index is 2890. The van der Waals surface area contributed by atoms with Crippen molar-refractivity contribution in [2.24, 2.45) is 0 Å². The van der Waals surface area contributed by atoms with Gasteiger partial charge in [0.25, 0.3) is 0 Å². The molecular formula is C47H26N4. The van der Waals surface area contributed by atoms with Gasteiger partial charge < -0.3 is 4.57 Å². The van der Waals surface area contributed by atoms with Crippen molar-refractivity contribution in [3.8, 4) is 51.2 Å². The second-order valence-electron chi connectivity index (χ2n) is 12.6. The molecule has 0 saturated carbocycles. The Labute approximate surface area is 294 Å². The van der Waals surface area contributed by atoms with Gasteiger partial charge in [0.2, 0.25) is 0 Å². The van der Waals surface area contributed by atoms with E-state index in [1.54, 1.807) is 6.07 Å². The Hall–Kier alpha value is -7.45. The number of benzene rings is 8. The van der Waals surface area contributed by atoms with Crippen molar-refractivity contribution in [3.63, 3.8) is 0 Å². The van der Waals surface area contributed by atoms with Crippen LogP contribution in [-0.2, 0) is 0 Å². The Kier molecular flexibility index (Phi) is 6.93. The second kappa shape index (κ2) is 11.9. The summed E-state index contributed by atoms with van der Waals surface area (Å²) in [6, 6.07) is 57.8.